The van der Waals surface area contributed by atoms with Gasteiger partial charge in [0, 0.05) is 35.8 Å². The number of halogens is 1. The maximum Gasteiger partial charge on any atom is 0.410 e. The van der Waals surface area contributed by atoms with Gasteiger partial charge in [0.2, 0.25) is 0 Å². The summed E-state index contributed by atoms with van der Waals surface area (Å²) < 4.78 is 11.6. The summed E-state index contributed by atoms with van der Waals surface area (Å²) >= 11 is 6.24. The molecular formula is C25H35ClN2O5. The highest BCUT2D eigenvalue weighted by Crippen LogP contribution is 2.47. The molecule has 0 atom stereocenters. The van der Waals surface area contributed by atoms with E-state index in [4.69, 9.17) is 21.1 Å². The molecule has 0 aromatic heterocycles. The number of hydrogen-bond donors (Lipinski definition) is 1. The van der Waals surface area contributed by atoms with Gasteiger partial charge in [-0.1, -0.05) is 17.7 Å². The minimum absolute atomic E-state index is 0.0637. The Morgan fingerprint density at radius 1 is 1.09 bits per heavy atom. The number of rotatable bonds is 6. The first-order chi connectivity index (χ1) is 15.5. The van der Waals surface area contributed by atoms with E-state index in [1.165, 1.54) is 0 Å². The van der Waals surface area contributed by atoms with Crippen molar-refractivity contribution in [1.29, 1.82) is 0 Å². The van der Waals surface area contributed by atoms with Crippen molar-refractivity contribution in [3.63, 3.8) is 0 Å². The first-order valence-electron chi connectivity index (χ1n) is 11.9. The van der Waals surface area contributed by atoms with Crippen molar-refractivity contribution in [2.24, 2.45) is 5.41 Å². The van der Waals surface area contributed by atoms with Gasteiger partial charge in [-0.15, -0.1) is 0 Å². The summed E-state index contributed by atoms with van der Waals surface area (Å²) in [4.78, 5) is 28.4. The standard InChI is InChI=1S/C25H35ClN2O5/c1-23(2,3)33-22(31)27-13-10-25(11-14-27)7-4-12-28(25)16-18-5-6-19(26)15-20(18)32-17-24(8-9-24)21(29)30/h5-6,15H,4,7-14,16-17H2,1-3H3,(H,29,30). The molecule has 2 saturated heterocycles. The molecule has 2 aliphatic heterocycles. The summed E-state index contributed by atoms with van der Waals surface area (Å²) in [6.07, 6.45) is 5.14. The van der Waals surface area contributed by atoms with Gasteiger partial charge in [0.25, 0.3) is 0 Å². The van der Waals surface area contributed by atoms with E-state index < -0.39 is 17.0 Å². The molecule has 3 aliphatic rings. The second-order valence-electron chi connectivity index (χ2n) is 10.8. The van der Waals surface area contributed by atoms with Crippen molar-refractivity contribution in [2.75, 3.05) is 26.2 Å². The molecule has 8 heteroatoms. The number of benzene rings is 1. The average molecular weight is 479 g/mol. The number of carboxylic acids is 1. The molecular weight excluding hydrogens is 444 g/mol. The molecule has 1 N–H and O–H groups in total. The molecule has 2 heterocycles. The van der Waals surface area contributed by atoms with Crippen LogP contribution in [-0.2, 0) is 16.1 Å². The second kappa shape index (κ2) is 8.99. The number of ether oxygens (including phenoxy) is 2. The first kappa shape index (κ1) is 24.1. The van der Waals surface area contributed by atoms with E-state index in [0.717, 1.165) is 44.3 Å². The molecule has 0 unspecified atom stereocenters. The van der Waals surface area contributed by atoms with Crippen LogP contribution in [0.4, 0.5) is 4.79 Å². The molecule has 1 spiro atoms. The van der Waals surface area contributed by atoms with Gasteiger partial charge in [0.05, 0.1) is 0 Å². The number of aliphatic carboxylic acids is 1. The third-order valence-corrected chi connectivity index (χ3v) is 7.52. The van der Waals surface area contributed by atoms with Crippen molar-refractivity contribution < 1.29 is 24.2 Å². The van der Waals surface area contributed by atoms with Crippen LogP contribution in [-0.4, -0.2) is 64.4 Å². The van der Waals surface area contributed by atoms with Crippen LogP contribution < -0.4 is 4.74 Å². The maximum absolute atomic E-state index is 12.5. The van der Waals surface area contributed by atoms with Crippen LogP contribution >= 0.6 is 11.6 Å². The van der Waals surface area contributed by atoms with Crippen LogP contribution in [0.15, 0.2) is 18.2 Å². The van der Waals surface area contributed by atoms with E-state index in [9.17, 15) is 14.7 Å². The second-order valence-corrected chi connectivity index (χ2v) is 11.3. The molecule has 1 aromatic rings. The van der Waals surface area contributed by atoms with E-state index in [2.05, 4.69) is 4.90 Å². The van der Waals surface area contributed by atoms with Gasteiger partial charge < -0.3 is 19.5 Å². The van der Waals surface area contributed by atoms with Gasteiger partial charge in [-0.25, -0.2) is 4.79 Å². The summed E-state index contributed by atoms with van der Waals surface area (Å²) in [5.74, 6) is -0.121. The zero-order valence-electron chi connectivity index (χ0n) is 19.9. The van der Waals surface area contributed by atoms with Crippen LogP contribution in [0.2, 0.25) is 5.02 Å². The third kappa shape index (κ3) is 5.40. The van der Waals surface area contributed by atoms with Gasteiger partial charge in [-0.05, 0) is 78.0 Å². The van der Waals surface area contributed by atoms with Gasteiger partial charge in [-0.3, -0.25) is 9.69 Å². The van der Waals surface area contributed by atoms with Crippen LogP contribution in [0.5, 0.6) is 5.75 Å². The van der Waals surface area contributed by atoms with E-state index in [-0.39, 0.29) is 18.2 Å². The van der Waals surface area contributed by atoms with Crippen LogP contribution in [0, 0.1) is 5.41 Å². The zero-order chi connectivity index (χ0) is 23.9. The predicted molar refractivity (Wildman–Crippen MR) is 126 cm³/mol. The molecule has 0 radical (unpaired) electrons. The number of likely N-dealkylation sites (tertiary alicyclic amines) is 2. The summed E-state index contributed by atoms with van der Waals surface area (Å²) in [5, 5.41) is 10.1. The number of hydrogen-bond acceptors (Lipinski definition) is 5. The van der Waals surface area contributed by atoms with Gasteiger partial charge in [0.15, 0.2) is 0 Å². The first-order valence-corrected chi connectivity index (χ1v) is 12.3. The van der Waals surface area contributed by atoms with E-state index in [1.54, 1.807) is 6.07 Å². The van der Waals surface area contributed by atoms with E-state index >= 15 is 0 Å². The molecule has 0 bridgehead atoms. The third-order valence-electron chi connectivity index (χ3n) is 7.29. The minimum Gasteiger partial charge on any atom is -0.492 e. The monoisotopic (exact) mass is 478 g/mol. The lowest BCUT2D eigenvalue weighted by Gasteiger charge is -2.45. The minimum atomic E-state index is -0.790. The Morgan fingerprint density at radius 2 is 1.79 bits per heavy atom. The Balaban J connectivity index is 1.42. The Bertz CT molecular complexity index is 901. The number of carboxylic acid groups (broad SMARTS) is 1. The van der Waals surface area contributed by atoms with E-state index in [0.29, 0.717) is 36.7 Å². The highest BCUT2D eigenvalue weighted by molar-refractivity contribution is 6.30. The lowest BCUT2D eigenvalue weighted by Crippen LogP contribution is -2.53. The molecule has 4 rings (SSSR count). The Morgan fingerprint density at radius 3 is 2.39 bits per heavy atom. The van der Waals surface area contributed by atoms with Gasteiger partial charge in [-0.2, -0.15) is 0 Å². The van der Waals surface area contributed by atoms with Gasteiger partial charge in [0.1, 0.15) is 23.4 Å². The molecule has 1 amide bonds. The van der Waals surface area contributed by atoms with Crippen LogP contribution in [0.25, 0.3) is 0 Å². The fraction of sp³-hybridized carbons (Fsp3) is 0.680. The van der Waals surface area contributed by atoms with Crippen molar-refractivity contribution in [2.45, 2.75) is 77.0 Å². The molecule has 33 heavy (non-hydrogen) atoms. The number of carbonyl (C=O) groups is 2. The molecule has 7 nitrogen and oxygen atoms in total. The van der Waals surface area contributed by atoms with E-state index in [1.807, 2.05) is 37.8 Å². The molecule has 1 aromatic carbocycles. The SMILES string of the molecule is CC(C)(C)OC(=O)N1CCC2(CCCN2Cc2ccc(Cl)cc2OCC2(C(=O)O)CC2)CC1. The Hall–Kier alpha value is -1.99. The number of amides is 1. The number of carbonyl (C=O) groups excluding carboxylic acids is 1. The highest BCUT2D eigenvalue weighted by Gasteiger charge is 2.51. The largest absolute Gasteiger partial charge is 0.492 e. The summed E-state index contributed by atoms with van der Waals surface area (Å²) in [7, 11) is 0. The lowest BCUT2D eigenvalue weighted by atomic mass is 9.85. The molecule has 182 valence electrons. The number of nitrogens with zero attached hydrogens (tertiary/aromatic N) is 2. The van der Waals surface area contributed by atoms with Crippen molar-refractivity contribution in [3.05, 3.63) is 28.8 Å². The highest BCUT2D eigenvalue weighted by atomic mass is 35.5. The molecule has 1 saturated carbocycles. The van der Waals surface area contributed by atoms with Crippen LogP contribution in [0.3, 0.4) is 0 Å². The van der Waals surface area contributed by atoms with Crippen molar-refractivity contribution >= 4 is 23.7 Å². The fourth-order valence-corrected chi connectivity index (χ4v) is 5.19. The quantitative estimate of drug-likeness (QED) is 0.623. The maximum atomic E-state index is 12.5. The van der Waals surface area contributed by atoms with Crippen molar-refractivity contribution in [3.8, 4) is 5.75 Å². The molecule has 3 fully saturated rings. The fourth-order valence-electron chi connectivity index (χ4n) is 5.02. The number of piperidine rings is 1. The van der Waals surface area contributed by atoms with Gasteiger partial charge >= 0.3 is 12.1 Å². The summed E-state index contributed by atoms with van der Waals surface area (Å²) in [5.41, 5.74) is -0.149. The summed E-state index contributed by atoms with van der Waals surface area (Å²) in [6, 6.07) is 5.64. The average Bonchev–Trinajstić information content (AvgIpc) is 3.45. The van der Waals surface area contributed by atoms with Crippen LogP contribution in [0.1, 0.15) is 64.9 Å². The normalized spacial score (nSPS) is 21.8. The predicted octanol–water partition coefficient (Wildman–Crippen LogP) is 4.95. The van der Waals surface area contributed by atoms with Crippen molar-refractivity contribution in [1.82, 2.24) is 9.80 Å². The Kier molecular flexibility index (Phi) is 6.58. The summed E-state index contributed by atoms with van der Waals surface area (Å²) in [6.45, 7) is 8.94. The molecule has 1 aliphatic carbocycles. The zero-order valence-corrected chi connectivity index (χ0v) is 20.6. The lowest BCUT2D eigenvalue weighted by molar-refractivity contribution is -0.144. The Labute approximate surface area is 201 Å². The smallest absolute Gasteiger partial charge is 0.410 e. The topological polar surface area (TPSA) is 79.3 Å².